The fourth-order valence-corrected chi connectivity index (χ4v) is 5.35. The van der Waals surface area contributed by atoms with Gasteiger partial charge in [-0.2, -0.15) is 0 Å². The van der Waals surface area contributed by atoms with Crippen molar-refractivity contribution in [2.75, 3.05) is 46.0 Å². The van der Waals surface area contributed by atoms with Gasteiger partial charge in [-0.15, -0.1) is 0 Å². The molecule has 4 rings (SSSR count). The minimum absolute atomic E-state index is 0.0308. The van der Waals surface area contributed by atoms with Crippen molar-refractivity contribution in [1.82, 2.24) is 9.80 Å². The standard InChI is InChI=1S/C33H44N2O5/c1-6-7-19-40-27-14-11-25(22-23(27)2)30(36)28-29(24-9-12-26(13-10-24)33(3,4)5)35(32(38)31(28)37)16-8-15-34-17-20-39-21-18-34/h9-14,22,29,36H,6-8,15-21H2,1-5H3/t29-/m1/s1. The molecule has 7 heteroatoms. The number of ether oxygens (including phenoxy) is 2. The predicted octanol–water partition coefficient (Wildman–Crippen LogP) is 5.62. The van der Waals surface area contributed by atoms with Gasteiger partial charge in [0, 0.05) is 31.7 Å². The summed E-state index contributed by atoms with van der Waals surface area (Å²) in [5.74, 6) is -0.607. The van der Waals surface area contributed by atoms with Gasteiger partial charge in [0.15, 0.2) is 0 Å². The molecule has 7 nitrogen and oxygen atoms in total. The highest BCUT2D eigenvalue weighted by Gasteiger charge is 2.46. The number of amides is 1. The van der Waals surface area contributed by atoms with E-state index in [1.54, 1.807) is 11.0 Å². The number of morpholine rings is 1. The zero-order chi connectivity index (χ0) is 28.9. The van der Waals surface area contributed by atoms with Gasteiger partial charge in [0.2, 0.25) is 0 Å². The number of rotatable bonds is 10. The lowest BCUT2D eigenvalue weighted by atomic mass is 9.85. The van der Waals surface area contributed by atoms with Crippen LogP contribution in [0.1, 0.15) is 75.3 Å². The molecule has 2 aromatic carbocycles. The summed E-state index contributed by atoms with van der Waals surface area (Å²) in [5.41, 5.74) is 3.45. The lowest BCUT2D eigenvalue weighted by Crippen LogP contribution is -2.39. The van der Waals surface area contributed by atoms with E-state index in [2.05, 4.69) is 44.7 Å². The van der Waals surface area contributed by atoms with Crippen LogP contribution in [0.25, 0.3) is 5.76 Å². The maximum Gasteiger partial charge on any atom is 0.295 e. The van der Waals surface area contributed by atoms with E-state index >= 15 is 0 Å². The van der Waals surface area contributed by atoms with Crippen molar-refractivity contribution in [2.45, 2.75) is 65.3 Å². The van der Waals surface area contributed by atoms with E-state index in [0.29, 0.717) is 31.9 Å². The molecule has 2 aromatic rings. The number of benzene rings is 2. The Bertz CT molecular complexity index is 1220. The number of hydrogen-bond donors (Lipinski definition) is 1. The molecular formula is C33H44N2O5. The molecule has 0 bridgehead atoms. The van der Waals surface area contributed by atoms with Crippen LogP contribution in [0.5, 0.6) is 5.75 Å². The molecule has 0 radical (unpaired) electrons. The Morgan fingerprint density at radius 3 is 2.35 bits per heavy atom. The molecule has 2 aliphatic heterocycles. The maximum atomic E-state index is 13.5. The summed E-state index contributed by atoms with van der Waals surface area (Å²) in [5, 5.41) is 11.5. The van der Waals surface area contributed by atoms with Crippen LogP contribution < -0.4 is 4.74 Å². The smallest absolute Gasteiger partial charge is 0.295 e. The highest BCUT2D eigenvalue weighted by molar-refractivity contribution is 6.46. The van der Waals surface area contributed by atoms with E-state index in [1.165, 1.54) is 0 Å². The van der Waals surface area contributed by atoms with Crippen LogP contribution >= 0.6 is 0 Å². The molecule has 2 saturated heterocycles. The number of aliphatic hydroxyl groups excluding tert-OH is 1. The maximum absolute atomic E-state index is 13.5. The second-order valence-corrected chi connectivity index (χ2v) is 11.9. The molecule has 2 heterocycles. The van der Waals surface area contributed by atoms with Crippen LogP contribution in [0.4, 0.5) is 0 Å². The minimum Gasteiger partial charge on any atom is -0.507 e. The van der Waals surface area contributed by atoms with Gasteiger partial charge in [0.1, 0.15) is 11.5 Å². The average Bonchev–Trinajstić information content (AvgIpc) is 3.19. The molecule has 1 atom stereocenters. The highest BCUT2D eigenvalue weighted by Crippen LogP contribution is 2.40. The SMILES string of the molecule is CCCCOc1ccc(C(O)=C2C(=O)C(=O)N(CCCN3CCOCC3)[C@@H]2c2ccc(C(C)(C)C)cc2)cc1C. The Kier molecular flexibility index (Phi) is 9.69. The first kappa shape index (κ1) is 29.8. The van der Waals surface area contributed by atoms with Gasteiger partial charge in [0.05, 0.1) is 31.4 Å². The number of aryl methyl sites for hydroxylation is 1. The summed E-state index contributed by atoms with van der Waals surface area (Å²) in [6, 6.07) is 12.8. The second-order valence-electron chi connectivity index (χ2n) is 11.9. The summed E-state index contributed by atoms with van der Waals surface area (Å²) in [6.07, 6.45) is 2.73. The zero-order valence-corrected chi connectivity index (χ0v) is 24.7. The number of likely N-dealkylation sites (tertiary alicyclic amines) is 1. The second kappa shape index (κ2) is 13.0. The molecule has 2 fully saturated rings. The lowest BCUT2D eigenvalue weighted by molar-refractivity contribution is -0.140. The average molecular weight is 549 g/mol. The Balaban J connectivity index is 1.67. The van der Waals surface area contributed by atoms with Crippen molar-refractivity contribution in [1.29, 1.82) is 0 Å². The third-order valence-corrected chi connectivity index (χ3v) is 7.81. The molecule has 40 heavy (non-hydrogen) atoms. The van der Waals surface area contributed by atoms with Gasteiger partial charge >= 0.3 is 0 Å². The molecule has 0 aliphatic carbocycles. The van der Waals surface area contributed by atoms with Gasteiger partial charge in [-0.1, -0.05) is 58.4 Å². The summed E-state index contributed by atoms with van der Waals surface area (Å²) in [4.78, 5) is 30.8. The number of aliphatic hydroxyl groups is 1. The molecule has 1 amide bonds. The van der Waals surface area contributed by atoms with Gasteiger partial charge < -0.3 is 19.5 Å². The van der Waals surface area contributed by atoms with E-state index in [4.69, 9.17) is 9.47 Å². The minimum atomic E-state index is -0.653. The van der Waals surface area contributed by atoms with Crippen molar-refractivity contribution in [3.8, 4) is 5.75 Å². The van der Waals surface area contributed by atoms with Crippen LogP contribution in [-0.2, 0) is 19.7 Å². The topological polar surface area (TPSA) is 79.3 Å². The zero-order valence-electron chi connectivity index (χ0n) is 24.7. The van der Waals surface area contributed by atoms with Crippen LogP contribution in [0.3, 0.4) is 0 Å². The number of carbonyl (C=O) groups is 2. The van der Waals surface area contributed by atoms with E-state index < -0.39 is 17.7 Å². The fourth-order valence-electron chi connectivity index (χ4n) is 5.35. The van der Waals surface area contributed by atoms with Gasteiger partial charge in [-0.3, -0.25) is 14.5 Å². The number of nitrogens with zero attached hydrogens (tertiary/aromatic N) is 2. The first-order chi connectivity index (χ1) is 19.1. The Morgan fingerprint density at radius 2 is 1.73 bits per heavy atom. The Morgan fingerprint density at radius 1 is 1.02 bits per heavy atom. The largest absolute Gasteiger partial charge is 0.507 e. The summed E-state index contributed by atoms with van der Waals surface area (Å²) in [6.45, 7) is 15.5. The molecule has 2 aliphatic rings. The monoisotopic (exact) mass is 548 g/mol. The molecule has 0 saturated carbocycles. The van der Waals surface area contributed by atoms with Crippen LogP contribution in [0.15, 0.2) is 48.0 Å². The van der Waals surface area contributed by atoms with Crippen molar-refractivity contribution < 1.29 is 24.2 Å². The number of carbonyl (C=O) groups excluding carboxylic acids is 2. The van der Waals surface area contributed by atoms with E-state index in [9.17, 15) is 14.7 Å². The van der Waals surface area contributed by atoms with Crippen LogP contribution in [0.2, 0.25) is 0 Å². The normalized spacial score (nSPS) is 19.8. The number of ketones is 1. The van der Waals surface area contributed by atoms with Gasteiger partial charge in [-0.05, 0) is 60.1 Å². The quantitative estimate of drug-likeness (QED) is 0.180. The Hall–Kier alpha value is -3.16. The summed E-state index contributed by atoms with van der Waals surface area (Å²) >= 11 is 0. The highest BCUT2D eigenvalue weighted by atomic mass is 16.5. The predicted molar refractivity (Wildman–Crippen MR) is 158 cm³/mol. The van der Waals surface area contributed by atoms with Crippen molar-refractivity contribution in [3.63, 3.8) is 0 Å². The van der Waals surface area contributed by atoms with Crippen molar-refractivity contribution >= 4 is 17.4 Å². The van der Waals surface area contributed by atoms with Gasteiger partial charge in [-0.25, -0.2) is 0 Å². The molecule has 0 spiro atoms. The summed E-state index contributed by atoms with van der Waals surface area (Å²) < 4.78 is 11.3. The summed E-state index contributed by atoms with van der Waals surface area (Å²) in [7, 11) is 0. The molecular weight excluding hydrogens is 504 g/mol. The van der Waals surface area contributed by atoms with E-state index in [0.717, 1.165) is 61.3 Å². The van der Waals surface area contributed by atoms with Gasteiger partial charge in [0.25, 0.3) is 11.7 Å². The molecule has 0 aromatic heterocycles. The number of Topliss-reactive ketones (excluding diaryl/α,β-unsaturated/α-hetero) is 1. The Labute approximate surface area is 238 Å². The molecule has 1 N–H and O–H groups in total. The lowest BCUT2D eigenvalue weighted by Gasteiger charge is -2.29. The first-order valence-corrected chi connectivity index (χ1v) is 14.5. The van der Waals surface area contributed by atoms with Crippen LogP contribution in [-0.4, -0.2) is 72.6 Å². The van der Waals surface area contributed by atoms with Crippen molar-refractivity contribution in [2.24, 2.45) is 0 Å². The van der Waals surface area contributed by atoms with E-state index in [1.807, 2.05) is 31.2 Å². The number of unbranched alkanes of at least 4 members (excludes halogenated alkanes) is 1. The van der Waals surface area contributed by atoms with Crippen molar-refractivity contribution in [3.05, 3.63) is 70.3 Å². The first-order valence-electron chi connectivity index (χ1n) is 14.5. The molecule has 0 unspecified atom stereocenters. The number of hydrogen-bond acceptors (Lipinski definition) is 6. The van der Waals surface area contributed by atoms with E-state index in [-0.39, 0.29) is 16.7 Å². The third-order valence-electron chi connectivity index (χ3n) is 7.81. The molecule has 216 valence electrons. The fraction of sp³-hybridized carbons (Fsp3) is 0.515. The third kappa shape index (κ3) is 6.76. The van der Waals surface area contributed by atoms with Crippen LogP contribution in [0, 0.1) is 6.92 Å².